The van der Waals surface area contributed by atoms with Crippen LogP contribution in [0.25, 0.3) is 10.9 Å². The molecule has 0 saturated heterocycles. The topological polar surface area (TPSA) is 39.1 Å². The van der Waals surface area contributed by atoms with Crippen LogP contribution < -0.4 is 10.1 Å². The summed E-state index contributed by atoms with van der Waals surface area (Å²) in [6, 6.07) is 12.6. The third-order valence-electron chi connectivity index (χ3n) is 3.62. The second-order valence-electron chi connectivity index (χ2n) is 5.00. The lowest BCUT2D eigenvalue weighted by Crippen LogP contribution is -2.08. The molecule has 0 unspecified atom stereocenters. The van der Waals surface area contributed by atoms with Gasteiger partial charge in [-0.3, -0.25) is 0 Å². The molecule has 0 atom stereocenters. The largest absolute Gasteiger partial charge is 0.481 e. The highest BCUT2D eigenvalue weighted by Crippen LogP contribution is 2.23. The maximum Gasteiger partial charge on any atom is 0.218 e. The zero-order chi connectivity index (χ0) is 14.7. The summed E-state index contributed by atoms with van der Waals surface area (Å²) in [5.74, 6) is 0.686. The number of fused-ring (bicyclic) bond motifs is 1. The minimum atomic E-state index is 0.686. The zero-order valence-corrected chi connectivity index (χ0v) is 12.3. The highest BCUT2D eigenvalue weighted by atomic mass is 16.5. The first-order valence-electron chi connectivity index (χ1n) is 7.02. The van der Waals surface area contributed by atoms with Crippen molar-refractivity contribution in [2.75, 3.05) is 14.2 Å². The van der Waals surface area contributed by atoms with Gasteiger partial charge in [0.25, 0.3) is 0 Å². The molecule has 0 radical (unpaired) electrons. The number of ether oxygens (including phenoxy) is 1. The predicted molar refractivity (Wildman–Crippen MR) is 84.6 cm³/mol. The Morgan fingerprint density at radius 2 is 2.00 bits per heavy atom. The molecule has 0 saturated carbocycles. The average molecular weight is 281 g/mol. The van der Waals surface area contributed by atoms with Crippen LogP contribution in [0.15, 0.2) is 48.8 Å². The van der Waals surface area contributed by atoms with Crippen molar-refractivity contribution in [1.29, 1.82) is 0 Å². The van der Waals surface area contributed by atoms with Gasteiger partial charge in [0, 0.05) is 24.5 Å². The van der Waals surface area contributed by atoms with Gasteiger partial charge in [0.2, 0.25) is 5.88 Å². The standard InChI is InChI=1S/C17H19N3O/c1-18-11-14-6-3-5-13-8-10-20(16(13)14)12-15-7-4-9-19-17(15)21-2/h3-10,18H,11-12H2,1-2H3. The van der Waals surface area contributed by atoms with E-state index in [1.807, 2.05) is 13.1 Å². The van der Waals surface area contributed by atoms with Gasteiger partial charge in [0.15, 0.2) is 0 Å². The molecule has 3 rings (SSSR count). The average Bonchev–Trinajstić information content (AvgIpc) is 2.92. The highest BCUT2D eigenvalue weighted by molar-refractivity contribution is 5.83. The quantitative estimate of drug-likeness (QED) is 0.781. The van der Waals surface area contributed by atoms with Crippen molar-refractivity contribution in [3.63, 3.8) is 0 Å². The number of benzene rings is 1. The molecule has 4 nitrogen and oxygen atoms in total. The SMILES string of the molecule is CNCc1cccc2ccn(Cc3cccnc3OC)c12. The van der Waals surface area contributed by atoms with Crippen LogP contribution in [0.1, 0.15) is 11.1 Å². The molecule has 3 aromatic rings. The van der Waals surface area contributed by atoms with Crippen molar-refractivity contribution in [3.05, 3.63) is 59.9 Å². The fourth-order valence-electron chi connectivity index (χ4n) is 2.72. The summed E-state index contributed by atoms with van der Waals surface area (Å²) in [5, 5.41) is 4.48. The van der Waals surface area contributed by atoms with E-state index in [1.165, 1.54) is 16.5 Å². The lowest BCUT2D eigenvalue weighted by Gasteiger charge is -2.11. The summed E-state index contributed by atoms with van der Waals surface area (Å²) in [6.07, 6.45) is 3.87. The van der Waals surface area contributed by atoms with Crippen LogP contribution in [-0.2, 0) is 13.1 Å². The van der Waals surface area contributed by atoms with Gasteiger partial charge in [0.1, 0.15) is 0 Å². The molecule has 0 aliphatic heterocycles. The molecule has 1 aromatic carbocycles. The van der Waals surface area contributed by atoms with Gasteiger partial charge in [-0.15, -0.1) is 0 Å². The molecule has 0 bridgehead atoms. The third kappa shape index (κ3) is 2.62. The van der Waals surface area contributed by atoms with Crippen LogP contribution in [0.3, 0.4) is 0 Å². The van der Waals surface area contributed by atoms with Gasteiger partial charge in [-0.05, 0) is 30.1 Å². The molecule has 2 heterocycles. The Balaban J connectivity index is 2.04. The van der Waals surface area contributed by atoms with Gasteiger partial charge < -0.3 is 14.6 Å². The lowest BCUT2D eigenvalue weighted by molar-refractivity contribution is 0.391. The number of rotatable bonds is 5. The van der Waals surface area contributed by atoms with E-state index in [1.54, 1.807) is 13.3 Å². The Morgan fingerprint density at radius 1 is 1.14 bits per heavy atom. The van der Waals surface area contributed by atoms with Crippen LogP contribution in [0.2, 0.25) is 0 Å². The summed E-state index contributed by atoms with van der Waals surface area (Å²) in [5.41, 5.74) is 3.64. The summed E-state index contributed by atoms with van der Waals surface area (Å²) in [6.45, 7) is 1.60. The highest BCUT2D eigenvalue weighted by Gasteiger charge is 2.09. The van der Waals surface area contributed by atoms with Crippen molar-refractivity contribution in [2.24, 2.45) is 0 Å². The summed E-state index contributed by atoms with van der Waals surface area (Å²) in [4.78, 5) is 4.27. The van der Waals surface area contributed by atoms with E-state index in [-0.39, 0.29) is 0 Å². The van der Waals surface area contributed by atoms with Gasteiger partial charge in [-0.2, -0.15) is 0 Å². The van der Waals surface area contributed by atoms with E-state index in [9.17, 15) is 0 Å². The number of nitrogens with zero attached hydrogens (tertiary/aromatic N) is 2. The van der Waals surface area contributed by atoms with E-state index in [4.69, 9.17) is 4.74 Å². The van der Waals surface area contributed by atoms with E-state index in [0.29, 0.717) is 5.88 Å². The number of methoxy groups -OCH3 is 1. The van der Waals surface area contributed by atoms with Gasteiger partial charge in [0.05, 0.1) is 19.2 Å². The van der Waals surface area contributed by atoms with E-state index in [0.717, 1.165) is 18.7 Å². The van der Waals surface area contributed by atoms with Crippen molar-refractivity contribution in [1.82, 2.24) is 14.9 Å². The molecular formula is C17H19N3O. The van der Waals surface area contributed by atoms with Crippen LogP contribution in [0.4, 0.5) is 0 Å². The van der Waals surface area contributed by atoms with Gasteiger partial charge in [-0.1, -0.05) is 24.3 Å². The number of aromatic nitrogens is 2. The molecule has 0 amide bonds. The minimum absolute atomic E-state index is 0.686. The Morgan fingerprint density at radius 3 is 2.81 bits per heavy atom. The number of para-hydroxylation sites is 1. The molecule has 108 valence electrons. The smallest absolute Gasteiger partial charge is 0.218 e. The van der Waals surface area contributed by atoms with Crippen molar-refractivity contribution in [2.45, 2.75) is 13.1 Å². The molecule has 4 heteroatoms. The number of hydrogen-bond donors (Lipinski definition) is 1. The molecule has 21 heavy (non-hydrogen) atoms. The summed E-state index contributed by atoms with van der Waals surface area (Å²) in [7, 11) is 3.63. The first-order chi connectivity index (χ1) is 10.3. The Bertz CT molecular complexity index is 749. The zero-order valence-electron chi connectivity index (χ0n) is 12.3. The first kappa shape index (κ1) is 13.6. The number of nitrogens with one attached hydrogen (secondary N) is 1. The number of pyridine rings is 1. The molecule has 0 fully saturated rings. The van der Waals surface area contributed by atoms with Crippen molar-refractivity contribution >= 4 is 10.9 Å². The van der Waals surface area contributed by atoms with Crippen LogP contribution in [-0.4, -0.2) is 23.7 Å². The summed E-state index contributed by atoms with van der Waals surface area (Å²) >= 11 is 0. The Labute approximate surface area is 124 Å². The van der Waals surface area contributed by atoms with Crippen LogP contribution >= 0.6 is 0 Å². The number of hydrogen-bond acceptors (Lipinski definition) is 3. The minimum Gasteiger partial charge on any atom is -0.481 e. The maximum atomic E-state index is 5.35. The second kappa shape index (κ2) is 5.97. The maximum absolute atomic E-state index is 5.35. The van der Waals surface area contributed by atoms with E-state index in [2.05, 4.69) is 51.4 Å². The molecule has 1 N–H and O–H groups in total. The summed E-state index contributed by atoms with van der Waals surface area (Å²) < 4.78 is 7.60. The van der Waals surface area contributed by atoms with Crippen molar-refractivity contribution < 1.29 is 4.74 Å². The lowest BCUT2D eigenvalue weighted by atomic mass is 10.1. The fraction of sp³-hybridized carbons (Fsp3) is 0.235. The Kier molecular flexibility index (Phi) is 3.88. The van der Waals surface area contributed by atoms with E-state index < -0.39 is 0 Å². The predicted octanol–water partition coefficient (Wildman–Crippen LogP) is 2.81. The fourth-order valence-corrected chi connectivity index (χ4v) is 2.72. The third-order valence-corrected chi connectivity index (χ3v) is 3.62. The molecule has 0 aliphatic carbocycles. The monoisotopic (exact) mass is 281 g/mol. The first-order valence-corrected chi connectivity index (χ1v) is 7.02. The Hall–Kier alpha value is -2.33. The van der Waals surface area contributed by atoms with Gasteiger partial charge in [-0.25, -0.2) is 4.98 Å². The van der Waals surface area contributed by atoms with Crippen LogP contribution in [0, 0.1) is 0 Å². The molecule has 2 aromatic heterocycles. The molecule has 0 aliphatic rings. The molecular weight excluding hydrogens is 262 g/mol. The van der Waals surface area contributed by atoms with Crippen LogP contribution in [0.5, 0.6) is 5.88 Å². The normalized spacial score (nSPS) is 11.0. The van der Waals surface area contributed by atoms with Crippen molar-refractivity contribution in [3.8, 4) is 5.88 Å². The molecule has 0 spiro atoms. The second-order valence-corrected chi connectivity index (χ2v) is 5.00. The van der Waals surface area contributed by atoms with Gasteiger partial charge >= 0.3 is 0 Å². The van der Waals surface area contributed by atoms with E-state index >= 15 is 0 Å².